The molecule has 8 nitrogen and oxygen atoms in total. The van der Waals surface area contributed by atoms with Gasteiger partial charge in [-0.1, -0.05) is 39.0 Å². The quantitative estimate of drug-likeness (QED) is 0.129. The molecule has 1 unspecified atom stereocenters. The highest BCUT2D eigenvalue weighted by Crippen LogP contribution is 2.44. The first-order chi connectivity index (χ1) is 19.0. The Morgan fingerprint density at radius 2 is 1.68 bits per heavy atom. The van der Waals surface area contributed by atoms with Gasteiger partial charge in [-0.05, 0) is 60.4 Å². The van der Waals surface area contributed by atoms with E-state index in [9.17, 15) is 19.5 Å². The van der Waals surface area contributed by atoms with E-state index in [2.05, 4.69) is 0 Å². The van der Waals surface area contributed by atoms with Crippen molar-refractivity contribution in [2.24, 2.45) is 0 Å². The molecule has 1 fully saturated rings. The Bertz CT molecular complexity index is 1480. The van der Waals surface area contributed by atoms with Crippen molar-refractivity contribution in [1.82, 2.24) is 0 Å². The lowest BCUT2D eigenvalue weighted by atomic mass is 9.84. The zero-order valence-corrected chi connectivity index (χ0v) is 23.5. The lowest BCUT2D eigenvalue weighted by Crippen LogP contribution is -2.29. The van der Waals surface area contributed by atoms with E-state index in [1.54, 1.807) is 66.7 Å². The molecule has 0 aliphatic carbocycles. The van der Waals surface area contributed by atoms with Gasteiger partial charge >= 0.3 is 5.97 Å². The van der Waals surface area contributed by atoms with E-state index in [4.69, 9.17) is 14.2 Å². The molecule has 1 N–H and O–H groups in total. The third-order valence-electron chi connectivity index (χ3n) is 6.59. The fraction of sp³-hybridized carbons (Fsp3) is 0.281. The Balaban J connectivity index is 1.93. The second-order valence-corrected chi connectivity index (χ2v) is 10.4. The van der Waals surface area contributed by atoms with Crippen molar-refractivity contribution < 1.29 is 33.7 Å². The SMILES string of the molecule is CCOc1ccc(/C(O)=C2/C(=O)C(=O)N(c3cccc(OC)c3)C2c2ccc(OC(C)=O)cc2)cc1C(C)(C)C. The standard InChI is InChI=1S/C32H33NO7/c1-7-39-26-16-13-21(17-25(26)32(3,4)5)29(35)27-28(20-11-14-23(15-12-20)40-19(2)34)33(31(37)30(27)36)22-9-8-10-24(18-22)38-6/h8-18,28,35H,7H2,1-6H3/b29-27-. The Hall–Kier alpha value is -4.59. The average Bonchev–Trinajstić information content (AvgIpc) is 3.18. The van der Waals surface area contributed by atoms with Crippen molar-refractivity contribution in [3.63, 3.8) is 0 Å². The Morgan fingerprint density at radius 3 is 2.27 bits per heavy atom. The molecule has 1 atom stereocenters. The van der Waals surface area contributed by atoms with E-state index in [-0.39, 0.29) is 16.7 Å². The molecule has 0 aromatic heterocycles. The second-order valence-electron chi connectivity index (χ2n) is 10.4. The molecule has 1 heterocycles. The lowest BCUT2D eigenvalue weighted by Gasteiger charge is -2.26. The summed E-state index contributed by atoms with van der Waals surface area (Å²) in [6.07, 6.45) is 0. The van der Waals surface area contributed by atoms with Crippen molar-refractivity contribution in [3.05, 3.63) is 89.0 Å². The first-order valence-electron chi connectivity index (χ1n) is 13.0. The number of aliphatic hydroxyl groups excluding tert-OH is 1. The minimum Gasteiger partial charge on any atom is -0.507 e. The number of amides is 1. The van der Waals surface area contributed by atoms with E-state index in [1.807, 2.05) is 27.7 Å². The van der Waals surface area contributed by atoms with Gasteiger partial charge in [-0.3, -0.25) is 19.3 Å². The van der Waals surface area contributed by atoms with Gasteiger partial charge in [-0.2, -0.15) is 0 Å². The molecule has 0 radical (unpaired) electrons. The molecule has 0 saturated carbocycles. The van der Waals surface area contributed by atoms with E-state index >= 15 is 0 Å². The molecule has 0 spiro atoms. The average molecular weight is 544 g/mol. The minimum absolute atomic E-state index is 0.0583. The zero-order chi connectivity index (χ0) is 29.2. The third kappa shape index (κ3) is 5.57. The predicted molar refractivity (Wildman–Crippen MR) is 152 cm³/mol. The van der Waals surface area contributed by atoms with Crippen LogP contribution in [0, 0.1) is 0 Å². The van der Waals surface area contributed by atoms with Gasteiger partial charge in [-0.25, -0.2) is 0 Å². The van der Waals surface area contributed by atoms with Gasteiger partial charge in [0.05, 0.1) is 25.3 Å². The van der Waals surface area contributed by atoms with Crippen molar-refractivity contribution >= 4 is 29.1 Å². The van der Waals surface area contributed by atoms with Gasteiger partial charge in [0.1, 0.15) is 23.0 Å². The summed E-state index contributed by atoms with van der Waals surface area (Å²) < 4.78 is 16.3. The van der Waals surface area contributed by atoms with Crippen LogP contribution in [-0.4, -0.2) is 36.5 Å². The second kappa shape index (κ2) is 11.3. The Morgan fingerprint density at radius 1 is 0.975 bits per heavy atom. The van der Waals surface area contributed by atoms with Crippen molar-refractivity contribution in [3.8, 4) is 17.2 Å². The number of hydrogen-bond donors (Lipinski definition) is 1. The van der Waals surface area contributed by atoms with Crippen LogP contribution in [0.4, 0.5) is 5.69 Å². The summed E-state index contributed by atoms with van der Waals surface area (Å²) in [4.78, 5) is 39.8. The minimum atomic E-state index is -0.955. The van der Waals surface area contributed by atoms with Crippen LogP contribution in [0.1, 0.15) is 57.4 Å². The maximum Gasteiger partial charge on any atom is 0.308 e. The fourth-order valence-electron chi connectivity index (χ4n) is 4.76. The van der Waals surface area contributed by atoms with Crippen LogP contribution < -0.4 is 19.1 Å². The van der Waals surface area contributed by atoms with Gasteiger partial charge in [0, 0.05) is 29.8 Å². The highest BCUT2D eigenvalue weighted by molar-refractivity contribution is 6.51. The number of Topliss-reactive ketones (excluding diaryl/α,β-unsaturated/α-hetero) is 1. The van der Waals surface area contributed by atoms with E-state index < -0.39 is 23.7 Å². The first-order valence-corrected chi connectivity index (χ1v) is 13.0. The van der Waals surface area contributed by atoms with E-state index in [0.717, 1.165) is 5.56 Å². The number of hydrogen-bond acceptors (Lipinski definition) is 7. The number of carbonyl (C=O) groups excluding carboxylic acids is 3. The molecule has 4 rings (SSSR count). The number of ether oxygens (including phenoxy) is 3. The summed E-state index contributed by atoms with van der Waals surface area (Å²) in [5, 5.41) is 11.6. The van der Waals surface area contributed by atoms with Crippen LogP contribution in [0.2, 0.25) is 0 Å². The normalized spacial score (nSPS) is 16.6. The molecule has 1 aliphatic heterocycles. The van der Waals surface area contributed by atoms with Crippen LogP contribution in [0.5, 0.6) is 17.2 Å². The van der Waals surface area contributed by atoms with Gasteiger partial charge in [-0.15, -0.1) is 0 Å². The summed E-state index contributed by atoms with van der Waals surface area (Å²) in [6.45, 7) is 9.76. The number of aliphatic hydroxyl groups is 1. The van der Waals surface area contributed by atoms with Crippen molar-refractivity contribution in [1.29, 1.82) is 0 Å². The largest absolute Gasteiger partial charge is 0.507 e. The number of ketones is 1. The fourth-order valence-corrected chi connectivity index (χ4v) is 4.76. The van der Waals surface area contributed by atoms with Crippen LogP contribution in [0.25, 0.3) is 5.76 Å². The number of carbonyl (C=O) groups is 3. The molecule has 3 aromatic carbocycles. The topological polar surface area (TPSA) is 102 Å². The van der Waals surface area contributed by atoms with Gasteiger partial charge in [0.25, 0.3) is 11.7 Å². The zero-order valence-electron chi connectivity index (χ0n) is 23.5. The van der Waals surface area contributed by atoms with Crippen LogP contribution in [0.15, 0.2) is 72.3 Å². The van der Waals surface area contributed by atoms with Gasteiger partial charge in [0.15, 0.2) is 0 Å². The molecule has 208 valence electrons. The Labute approximate surface area is 233 Å². The molecule has 0 bridgehead atoms. The maximum absolute atomic E-state index is 13.6. The summed E-state index contributed by atoms with van der Waals surface area (Å²) >= 11 is 0. The predicted octanol–water partition coefficient (Wildman–Crippen LogP) is 5.94. The number of anilines is 1. The smallest absolute Gasteiger partial charge is 0.308 e. The summed E-state index contributed by atoms with van der Waals surface area (Å²) in [7, 11) is 1.51. The number of methoxy groups -OCH3 is 1. The third-order valence-corrected chi connectivity index (χ3v) is 6.59. The number of benzene rings is 3. The molecular weight excluding hydrogens is 510 g/mol. The molecule has 1 saturated heterocycles. The Kier molecular flexibility index (Phi) is 8.00. The van der Waals surface area contributed by atoms with E-state index in [1.165, 1.54) is 18.9 Å². The molecule has 3 aromatic rings. The summed E-state index contributed by atoms with van der Waals surface area (Å²) in [6, 6.07) is 17.6. The monoisotopic (exact) mass is 543 g/mol. The lowest BCUT2D eigenvalue weighted by molar-refractivity contribution is -0.132. The van der Waals surface area contributed by atoms with E-state index in [0.29, 0.717) is 40.7 Å². The molecule has 1 amide bonds. The summed E-state index contributed by atoms with van der Waals surface area (Å²) in [5.74, 6) is -0.875. The maximum atomic E-state index is 13.6. The molecule has 40 heavy (non-hydrogen) atoms. The summed E-state index contributed by atoms with van der Waals surface area (Å²) in [5.41, 5.74) is 1.83. The highest BCUT2D eigenvalue weighted by Gasteiger charge is 2.47. The van der Waals surface area contributed by atoms with Gasteiger partial charge in [0.2, 0.25) is 0 Å². The van der Waals surface area contributed by atoms with Crippen molar-refractivity contribution in [2.45, 2.75) is 46.1 Å². The molecule has 1 aliphatic rings. The highest BCUT2D eigenvalue weighted by atomic mass is 16.5. The van der Waals surface area contributed by atoms with Crippen molar-refractivity contribution in [2.75, 3.05) is 18.6 Å². The van der Waals surface area contributed by atoms with Crippen LogP contribution in [-0.2, 0) is 19.8 Å². The first kappa shape index (κ1) is 28.4. The molecule has 8 heteroatoms. The number of nitrogens with zero attached hydrogens (tertiary/aromatic N) is 1. The van der Waals surface area contributed by atoms with Crippen LogP contribution in [0.3, 0.4) is 0 Å². The molecular formula is C32H33NO7. The van der Waals surface area contributed by atoms with Crippen LogP contribution >= 0.6 is 0 Å². The number of rotatable bonds is 7. The number of esters is 1. The van der Waals surface area contributed by atoms with Gasteiger partial charge < -0.3 is 19.3 Å².